The Hall–Kier alpha value is -0.700. The average molecular weight is 304 g/mol. The summed E-state index contributed by atoms with van der Waals surface area (Å²) in [5.41, 5.74) is 0. The zero-order valence-electron chi connectivity index (χ0n) is 12.0. The topological polar surface area (TPSA) is 81.8 Å². The summed E-state index contributed by atoms with van der Waals surface area (Å²) < 4.78 is 25.0. The van der Waals surface area contributed by atoms with Gasteiger partial charge in [-0.3, -0.25) is 9.69 Å². The van der Waals surface area contributed by atoms with Crippen LogP contribution in [-0.4, -0.2) is 82.2 Å². The van der Waals surface area contributed by atoms with Gasteiger partial charge < -0.3 is 10.2 Å². The van der Waals surface area contributed by atoms with Crippen LogP contribution in [0.3, 0.4) is 0 Å². The minimum atomic E-state index is -3.15. The number of sulfonamides is 1. The highest BCUT2D eigenvalue weighted by Crippen LogP contribution is 2.11. The van der Waals surface area contributed by atoms with Crippen LogP contribution >= 0.6 is 0 Å². The van der Waals surface area contributed by atoms with E-state index in [0.717, 1.165) is 26.2 Å². The number of amides is 1. The second-order valence-electron chi connectivity index (χ2n) is 5.57. The largest absolute Gasteiger partial charge is 0.341 e. The van der Waals surface area contributed by atoms with Gasteiger partial charge in [-0.15, -0.1) is 0 Å². The first-order chi connectivity index (χ1) is 9.44. The lowest BCUT2D eigenvalue weighted by Crippen LogP contribution is -2.51. The van der Waals surface area contributed by atoms with Gasteiger partial charge >= 0.3 is 0 Å². The minimum Gasteiger partial charge on any atom is -0.341 e. The number of hydrogen-bond acceptors (Lipinski definition) is 5. The number of piperidine rings is 1. The number of likely N-dealkylation sites (tertiary alicyclic amines) is 1. The van der Waals surface area contributed by atoms with E-state index in [1.165, 1.54) is 6.26 Å². The third-order valence-electron chi connectivity index (χ3n) is 3.80. The van der Waals surface area contributed by atoms with Crippen LogP contribution in [0.15, 0.2) is 0 Å². The van der Waals surface area contributed by atoms with Crippen molar-refractivity contribution in [2.24, 2.45) is 0 Å². The van der Waals surface area contributed by atoms with Crippen LogP contribution in [0.5, 0.6) is 0 Å². The van der Waals surface area contributed by atoms with Crippen molar-refractivity contribution in [1.29, 1.82) is 0 Å². The molecule has 0 spiro atoms. The Balaban J connectivity index is 1.74. The molecule has 2 fully saturated rings. The first-order valence-electron chi connectivity index (χ1n) is 7.12. The molecule has 0 saturated carbocycles. The molecule has 0 radical (unpaired) electrons. The predicted octanol–water partition coefficient (Wildman–Crippen LogP) is -1.57. The highest BCUT2D eigenvalue weighted by molar-refractivity contribution is 7.88. The van der Waals surface area contributed by atoms with E-state index < -0.39 is 10.0 Å². The first kappa shape index (κ1) is 15.7. The Morgan fingerprint density at radius 2 is 1.80 bits per heavy atom. The van der Waals surface area contributed by atoms with Crippen LogP contribution < -0.4 is 10.0 Å². The summed E-state index contributed by atoms with van der Waals surface area (Å²) in [5, 5.41) is 3.26. The highest BCUT2D eigenvalue weighted by Gasteiger charge is 2.25. The molecule has 2 rings (SSSR count). The number of carbonyl (C=O) groups is 1. The molecular formula is C12H24N4O3S. The monoisotopic (exact) mass is 304 g/mol. The molecule has 2 saturated heterocycles. The van der Waals surface area contributed by atoms with Gasteiger partial charge in [0.25, 0.3) is 0 Å². The number of piperazine rings is 1. The van der Waals surface area contributed by atoms with Gasteiger partial charge in [0.1, 0.15) is 0 Å². The van der Waals surface area contributed by atoms with Crippen molar-refractivity contribution < 1.29 is 13.2 Å². The SMILES string of the molecule is CS(=O)(=O)NC1CCN(C(=O)CN2CCNCC2)CC1. The maximum absolute atomic E-state index is 12.2. The van der Waals surface area contributed by atoms with E-state index in [1.807, 2.05) is 4.90 Å². The van der Waals surface area contributed by atoms with E-state index in [1.54, 1.807) is 0 Å². The van der Waals surface area contributed by atoms with Crippen molar-refractivity contribution in [3.8, 4) is 0 Å². The molecular weight excluding hydrogens is 280 g/mol. The third kappa shape index (κ3) is 5.01. The van der Waals surface area contributed by atoms with Gasteiger partial charge in [-0.25, -0.2) is 13.1 Å². The maximum Gasteiger partial charge on any atom is 0.236 e. The van der Waals surface area contributed by atoms with Crippen LogP contribution in [0.1, 0.15) is 12.8 Å². The molecule has 2 heterocycles. The second kappa shape index (κ2) is 6.84. The molecule has 0 aromatic rings. The van der Waals surface area contributed by atoms with Crippen molar-refractivity contribution in [3.63, 3.8) is 0 Å². The maximum atomic E-state index is 12.2. The van der Waals surface area contributed by atoms with E-state index in [0.29, 0.717) is 32.5 Å². The standard InChI is InChI=1S/C12H24N4O3S/c1-20(18,19)14-11-2-6-16(7-3-11)12(17)10-15-8-4-13-5-9-15/h11,13-14H,2-10H2,1H3. The first-order valence-corrected chi connectivity index (χ1v) is 9.01. The van der Waals surface area contributed by atoms with Crippen LogP contribution in [0.2, 0.25) is 0 Å². The van der Waals surface area contributed by atoms with Crippen LogP contribution in [0.4, 0.5) is 0 Å². The van der Waals surface area contributed by atoms with Crippen molar-refractivity contribution in [1.82, 2.24) is 19.8 Å². The van der Waals surface area contributed by atoms with Crippen molar-refractivity contribution in [2.75, 3.05) is 52.1 Å². The number of nitrogens with one attached hydrogen (secondary N) is 2. The lowest BCUT2D eigenvalue weighted by atomic mass is 10.1. The molecule has 0 aliphatic carbocycles. The molecule has 0 unspecified atom stereocenters. The van der Waals surface area contributed by atoms with E-state index in [2.05, 4.69) is 14.9 Å². The molecule has 0 aromatic carbocycles. The summed E-state index contributed by atoms with van der Waals surface area (Å²) in [6, 6.07) is -0.0340. The minimum absolute atomic E-state index is 0.0340. The smallest absolute Gasteiger partial charge is 0.236 e. The zero-order valence-corrected chi connectivity index (χ0v) is 12.8. The molecule has 2 N–H and O–H groups in total. The molecule has 2 aliphatic heterocycles. The molecule has 0 bridgehead atoms. The lowest BCUT2D eigenvalue weighted by Gasteiger charge is -2.34. The third-order valence-corrected chi connectivity index (χ3v) is 4.56. The molecule has 0 aromatic heterocycles. The van der Waals surface area contributed by atoms with Crippen LogP contribution in [0.25, 0.3) is 0 Å². The van der Waals surface area contributed by atoms with Gasteiger partial charge in [0.05, 0.1) is 12.8 Å². The van der Waals surface area contributed by atoms with Gasteiger partial charge in [0.2, 0.25) is 15.9 Å². The molecule has 8 heteroatoms. The number of carbonyl (C=O) groups excluding carboxylic acids is 1. The number of hydrogen-bond donors (Lipinski definition) is 2. The summed E-state index contributed by atoms with van der Waals surface area (Å²) >= 11 is 0. The Morgan fingerprint density at radius 1 is 1.20 bits per heavy atom. The normalized spacial score (nSPS) is 22.9. The molecule has 116 valence electrons. The Kier molecular flexibility index (Phi) is 5.36. The average Bonchev–Trinajstić information content (AvgIpc) is 2.39. The van der Waals surface area contributed by atoms with Gasteiger partial charge in [-0.1, -0.05) is 0 Å². The number of nitrogens with zero attached hydrogens (tertiary/aromatic N) is 2. The second-order valence-corrected chi connectivity index (χ2v) is 7.35. The van der Waals surface area contributed by atoms with E-state index in [-0.39, 0.29) is 11.9 Å². The summed E-state index contributed by atoms with van der Waals surface area (Å²) in [7, 11) is -3.15. The van der Waals surface area contributed by atoms with E-state index >= 15 is 0 Å². The molecule has 7 nitrogen and oxygen atoms in total. The van der Waals surface area contributed by atoms with E-state index in [9.17, 15) is 13.2 Å². The Morgan fingerprint density at radius 3 is 2.35 bits per heavy atom. The quantitative estimate of drug-likeness (QED) is 0.656. The Labute approximate surface area is 120 Å². The fourth-order valence-corrected chi connectivity index (χ4v) is 3.55. The fraction of sp³-hybridized carbons (Fsp3) is 0.917. The van der Waals surface area contributed by atoms with Crippen molar-refractivity contribution >= 4 is 15.9 Å². The van der Waals surface area contributed by atoms with Gasteiger partial charge in [0.15, 0.2) is 0 Å². The summed E-state index contributed by atoms with van der Waals surface area (Å²) in [6.07, 6.45) is 2.57. The Bertz CT molecular complexity index is 426. The van der Waals surface area contributed by atoms with E-state index in [4.69, 9.17) is 0 Å². The molecule has 1 amide bonds. The summed E-state index contributed by atoms with van der Waals surface area (Å²) in [6.45, 7) is 5.46. The van der Waals surface area contributed by atoms with Crippen molar-refractivity contribution in [2.45, 2.75) is 18.9 Å². The lowest BCUT2D eigenvalue weighted by molar-refractivity contribution is -0.133. The zero-order chi connectivity index (χ0) is 14.6. The summed E-state index contributed by atoms with van der Waals surface area (Å²) in [5.74, 6) is 0.157. The highest BCUT2D eigenvalue weighted by atomic mass is 32.2. The van der Waals surface area contributed by atoms with Gasteiger partial charge in [0, 0.05) is 45.3 Å². The summed E-state index contributed by atoms with van der Waals surface area (Å²) in [4.78, 5) is 16.2. The van der Waals surface area contributed by atoms with Crippen LogP contribution in [-0.2, 0) is 14.8 Å². The number of rotatable bonds is 4. The predicted molar refractivity (Wildman–Crippen MR) is 76.9 cm³/mol. The molecule has 20 heavy (non-hydrogen) atoms. The molecule has 2 aliphatic rings. The van der Waals surface area contributed by atoms with Crippen LogP contribution in [0, 0.1) is 0 Å². The van der Waals surface area contributed by atoms with Gasteiger partial charge in [-0.2, -0.15) is 0 Å². The van der Waals surface area contributed by atoms with Crippen molar-refractivity contribution in [3.05, 3.63) is 0 Å². The van der Waals surface area contributed by atoms with Gasteiger partial charge in [-0.05, 0) is 12.8 Å². The molecule has 0 atom stereocenters. The fourth-order valence-electron chi connectivity index (χ4n) is 2.71.